The molecule has 2 aromatic carbocycles. The van der Waals surface area contributed by atoms with Crippen LogP contribution in [0.15, 0.2) is 48.5 Å². The average molecular weight is 270 g/mol. The topological polar surface area (TPSA) is 64.3 Å². The Balaban J connectivity index is 2.01. The number of benzene rings is 2. The van der Waals surface area contributed by atoms with Crippen molar-refractivity contribution in [2.75, 3.05) is 11.1 Å². The first-order valence-electron chi connectivity index (χ1n) is 6.45. The molecule has 0 heterocycles. The number of ether oxygens (including phenoxy) is 1. The van der Waals surface area contributed by atoms with Gasteiger partial charge in [-0.2, -0.15) is 0 Å². The van der Waals surface area contributed by atoms with E-state index in [1.54, 1.807) is 31.2 Å². The molecule has 2 aromatic rings. The van der Waals surface area contributed by atoms with Gasteiger partial charge in [-0.15, -0.1) is 0 Å². The zero-order valence-electron chi connectivity index (χ0n) is 11.6. The van der Waals surface area contributed by atoms with Crippen LogP contribution in [-0.4, -0.2) is 12.0 Å². The summed E-state index contributed by atoms with van der Waals surface area (Å²) in [5, 5.41) is 2.78. The van der Waals surface area contributed by atoms with E-state index in [1.165, 1.54) is 0 Å². The Morgan fingerprint density at radius 3 is 2.65 bits per heavy atom. The quantitative estimate of drug-likeness (QED) is 0.839. The molecular formula is C16H18N2O2. The van der Waals surface area contributed by atoms with Gasteiger partial charge in [-0.3, -0.25) is 4.79 Å². The number of carbonyl (C=O) groups excluding carboxylic acids is 1. The highest BCUT2D eigenvalue weighted by molar-refractivity contribution is 5.94. The third-order valence-corrected chi connectivity index (χ3v) is 2.92. The van der Waals surface area contributed by atoms with E-state index in [2.05, 4.69) is 5.32 Å². The monoisotopic (exact) mass is 270 g/mol. The van der Waals surface area contributed by atoms with Gasteiger partial charge >= 0.3 is 0 Å². The molecule has 0 radical (unpaired) electrons. The molecule has 0 bridgehead atoms. The number of rotatable bonds is 4. The van der Waals surface area contributed by atoms with Crippen molar-refractivity contribution in [3.63, 3.8) is 0 Å². The number of nitrogen functional groups attached to an aromatic ring is 1. The van der Waals surface area contributed by atoms with Gasteiger partial charge in [0.25, 0.3) is 5.91 Å². The van der Waals surface area contributed by atoms with Crippen molar-refractivity contribution in [3.8, 4) is 5.75 Å². The minimum Gasteiger partial charge on any atom is -0.481 e. The Morgan fingerprint density at radius 2 is 1.95 bits per heavy atom. The number of amides is 1. The molecule has 4 heteroatoms. The van der Waals surface area contributed by atoms with E-state index in [0.29, 0.717) is 17.1 Å². The van der Waals surface area contributed by atoms with Crippen molar-refractivity contribution >= 4 is 17.3 Å². The van der Waals surface area contributed by atoms with E-state index >= 15 is 0 Å². The van der Waals surface area contributed by atoms with Crippen molar-refractivity contribution in [2.24, 2.45) is 0 Å². The molecule has 0 fully saturated rings. The second-order valence-electron chi connectivity index (χ2n) is 4.64. The van der Waals surface area contributed by atoms with Crippen LogP contribution in [0.5, 0.6) is 5.75 Å². The first kappa shape index (κ1) is 13.9. The molecule has 0 aliphatic rings. The second-order valence-corrected chi connectivity index (χ2v) is 4.64. The Morgan fingerprint density at radius 1 is 1.20 bits per heavy atom. The summed E-state index contributed by atoms with van der Waals surface area (Å²) in [6.07, 6.45) is -0.586. The van der Waals surface area contributed by atoms with Gasteiger partial charge in [0.1, 0.15) is 5.75 Å². The van der Waals surface area contributed by atoms with Gasteiger partial charge in [0.15, 0.2) is 6.10 Å². The number of nitrogens with two attached hydrogens (primary N) is 1. The number of hydrogen-bond acceptors (Lipinski definition) is 3. The van der Waals surface area contributed by atoms with Gasteiger partial charge in [0, 0.05) is 11.4 Å². The molecule has 20 heavy (non-hydrogen) atoms. The first-order chi connectivity index (χ1) is 9.56. The van der Waals surface area contributed by atoms with E-state index in [-0.39, 0.29) is 5.91 Å². The third kappa shape index (κ3) is 3.51. The summed E-state index contributed by atoms with van der Waals surface area (Å²) in [6, 6.07) is 14.6. The van der Waals surface area contributed by atoms with E-state index in [0.717, 1.165) is 5.56 Å². The summed E-state index contributed by atoms with van der Waals surface area (Å²) in [7, 11) is 0. The molecule has 4 nitrogen and oxygen atoms in total. The minimum absolute atomic E-state index is 0.209. The molecule has 0 aromatic heterocycles. The highest BCUT2D eigenvalue weighted by Crippen LogP contribution is 2.18. The zero-order chi connectivity index (χ0) is 14.5. The number of hydrogen-bond donors (Lipinski definition) is 2. The van der Waals surface area contributed by atoms with Crippen LogP contribution in [0.4, 0.5) is 11.4 Å². The molecule has 0 saturated carbocycles. The van der Waals surface area contributed by atoms with Crippen LogP contribution in [0, 0.1) is 6.92 Å². The molecule has 1 unspecified atom stereocenters. The summed E-state index contributed by atoms with van der Waals surface area (Å²) >= 11 is 0. The molecule has 0 aliphatic carbocycles. The molecule has 3 N–H and O–H groups in total. The van der Waals surface area contributed by atoms with E-state index in [9.17, 15) is 4.79 Å². The molecule has 0 aliphatic heterocycles. The molecule has 1 atom stereocenters. The lowest BCUT2D eigenvalue weighted by atomic mass is 10.2. The molecule has 0 saturated heterocycles. The largest absolute Gasteiger partial charge is 0.481 e. The highest BCUT2D eigenvalue weighted by Gasteiger charge is 2.15. The average Bonchev–Trinajstić information content (AvgIpc) is 2.41. The lowest BCUT2D eigenvalue weighted by Gasteiger charge is -2.16. The van der Waals surface area contributed by atoms with Gasteiger partial charge in [-0.05, 0) is 43.7 Å². The van der Waals surface area contributed by atoms with Crippen molar-refractivity contribution < 1.29 is 9.53 Å². The Bertz CT molecular complexity index is 611. The number of anilines is 2. The lowest BCUT2D eigenvalue weighted by molar-refractivity contribution is -0.122. The summed E-state index contributed by atoms with van der Waals surface area (Å²) in [5.74, 6) is 0.501. The number of para-hydroxylation sites is 1. The van der Waals surface area contributed by atoms with Crippen LogP contribution in [0.3, 0.4) is 0 Å². The summed E-state index contributed by atoms with van der Waals surface area (Å²) in [4.78, 5) is 12.1. The number of carbonyl (C=O) groups is 1. The fourth-order valence-electron chi connectivity index (χ4n) is 1.79. The molecule has 2 rings (SSSR count). The second kappa shape index (κ2) is 6.10. The summed E-state index contributed by atoms with van der Waals surface area (Å²) in [5.41, 5.74) is 7.94. The maximum atomic E-state index is 12.1. The highest BCUT2D eigenvalue weighted by atomic mass is 16.5. The van der Waals surface area contributed by atoms with Crippen LogP contribution in [-0.2, 0) is 4.79 Å². The minimum atomic E-state index is -0.586. The van der Waals surface area contributed by atoms with Crippen LogP contribution in [0.25, 0.3) is 0 Å². The smallest absolute Gasteiger partial charge is 0.265 e. The van der Waals surface area contributed by atoms with Crippen LogP contribution in [0.1, 0.15) is 12.5 Å². The zero-order valence-corrected chi connectivity index (χ0v) is 11.6. The van der Waals surface area contributed by atoms with Gasteiger partial charge in [0.2, 0.25) is 0 Å². The molecule has 1 amide bonds. The third-order valence-electron chi connectivity index (χ3n) is 2.92. The fourth-order valence-corrected chi connectivity index (χ4v) is 1.79. The lowest BCUT2D eigenvalue weighted by Crippen LogP contribution is -2.30. The van der Waals surface area contributed by atoms with Crippen molar-refractivity contribution in [2.45, 2.75) is 20.0 Å². The van der Waals surface area contributed by atoms with E-state index in [4.69, 9.17) is 10.5 Å². The Labute approximate surface area is 118 Å². The first-order valence-corrected chi connectivity index (χ1v) is 6.45. The number of aryl methyl sites for hydroxylation is 1. The Hall–Kier alpha value is -2.49. The van der Waals surface area contributed by atoms with Crippen molar-refractivity contribution in [1.82, 2.24) is 0 Å². The normalized spacial score (nSPS) is 11.7. The summed E-state index contributed by atoms with van der Waals surface area (Å²) in [6.45, 7) is 3.66. The van der Waals surface area contributed by atoms with Gasteiger partial charge in [-0.25, -0.2) is 0 Å². The van der Waals surface area contributed by atoms with Gasteiger partial charge in [0.05, 0.1) is 0 Å². The molecule has 0 spiro atoms. The van der Waals surface area contributed by atoms with Crippen LogP contribution in [0.2, 0.25) is 0 Å². The van der Waals surface area contributed by atoms with E-state index in [1.807, 2.05) is 31.2 Å². The van der Waals surface area contributed by atoms with Crippen molar-refractivity contribution in [3.05, 3.63) is 54.1 Å². The SMILES string of the molecule is Cc1ccccc1OC(C)C(=O)Nc1cccc(N)c1. The van der Waals surface area contributed by atoms with Gasteiger partial charge in [-0.1, -0.05) is 24.3 Å². The predicted molar refractivity (Wildman–Crippen MR) is 80.8 cm³/mol. The number of nitrogens with one attached hydrogen (secondary N) is 1. The van der Waals surface area contributed by atoms with E-state index < -0.39 is 6.10 Å². The van der Waals surface area contributed by atoms with Crippen LogP contribution >= 0.6 is 0 Å². The predicted octanol–water partition coefficient (Wildman–Crippen LogP) is 2.98. The molecular weight excluding hydrogens is 252 g/mol. The maximum absolute atomic E-state index is 12.1. The maximum Gasteiger partial charge on any atom is 0.265 e. The molecule has 104 valence electrons. The van der Waals surface area contributed by atoms with Crippen LogP contribution < -0.4 is 15.8 Å². The summed E-state index contributed by atoms with van der Waals surface area (Å²) < 4.78 is 5.67. The fraction of sp³-hybridized carbons (Fsp3) is 0.188. The Kier molecular flexibility index (Phi) is 4.25. The standard InChI is InChI=1S/C16H18N2O2/c1-11-6-3-4-9-15(11)20-12(2)16(19)18-14-8-5-7-13(17)10-14/h3-10,12H,17H2,1-2H3,(H,18,19). The van der Waals surface area contributed by atoms with Crippen molar-refractivity contribution in [1.29, 1.82) is 0 Å². The van der Waals surface area contributed by atoms with Gasteiger partial charge < -0.3 is 15.8 Å².